The molecule has 0 unspecified atom stereocenters. The normalized spacial score (nSPS) is 13.6. The Morgan fingerprint density at radius 1 is 1.17 bits per heavy atom. The number of carbonyl (C=O) groups is 2. The number of rotatable bonds is 4. The summed E-state index contributed by atoms with van der Waals surface area (Å²) in [5.74, 6) is -1.11. The second kappa shape index (κ2) is 5.96. The number of halogens is 2. The number of carboxylic acid groups (broad SMARTS) is 1. The molecule has 0 bridgehead atoms. The van der Waals surface area contributed by atoms with Crippen LogP contribution in [0.3, 0.4) is 0 Å². The highest BCUT2D eigenvalue weighted by atomic mass is 35.5. The highest BCUT2D eigenvalue weighted by Crippen LogP contribution is 2.26. The topological polar surface area (TPSA) is 62.5 Å². The van der Waals surface area contributed by atoms with Gasteiger partial charge in [-0.2, -0.15) is 0 Å². The van der Waals surface area contributed by atoms with Crippen LogP contribution in [0.25, 0.3) is 0 Å². The maximum Gasteiger partial charge on any atom is 0.334 e. The van der Waals surface area contributed by atoms with Gasteiger partial charge in [-0.15, -0.1) is 0 Å². The Balaban J connectivity index is 1.85. The molecule has 3 rings (SSSR count). The minimum Gasteiger partial charge on any atom is -0.480 e. The summed E-state index contributed by atoms with van der Waals surface area (Å²) >= 11 is 17.1. The zero-order valence-corrected chi connectivity index (χ0v) is 14.0. The Labute approximate surface area is 147 Å². The van der Waals surface area contributed by atoms with E-state index in [1.807, 2.05) is 6.07 Å². The molecule has 0 saturated carbocycles. The molecule has 0 aliphatic carbocycles. The molecule has 118 valence electrons. The van der Waals surface area contributed by atoms with Gasteiger partial charge in [0.1, 0.15) is 11.5 Å². The monoisotopic (exact) mass is 368 g/mol. The molecule has 0 saturated heterocycles. The third-order valence-corrected chi connectivity index (χ3v) is 4.63. The van der Waals surface area contributed by atoms with Crippen molar-refractivity contribution in [1.29, 1.82) is 0 Å². The number of benzene rings is 1. The van der Waals surface area contributed by atoms with Crippen LogP contribution in [0.2, 0.25) is 10.0 Å². The van der Waals surface area contributed by atoms with Crippen molar-refractivity contribution >= 4 is 52.4 Å². The fourth-order valence-electron chi connectivity index (χ4n) is 2.45. The van der Waals surface area contributed by atoms with Gasteiger partial charge in [0.25, 0.3) is 0 Å². The van der Waals surface area contributed by atoms with Gasteiger partial charge in [0.15, 0.2) is 0 Å². The molecular formula is C15H10Cl2N2O3S. The molecule has 23 heavy (non-hydrogen) atoms. The first kappa shape index (κ1) is 16.0. The number of nitrogens with zero attached hydrogens (tertiary/aromatic N) is 2. The van der Waals surface area contributed by atoms with Gasteiger partial charge >= 0.3 is 12.0 Å². The Morgan fingerprint density at radius 3 is 2.52 bits per heavy atom. The molecule has 2 aromatic rings. The van der Waals surface area contributed by atoms with E-state index in [9.17, 15) is 9.59 Å². The van der Waals surface area contributed by atoms with Gasteiger partial charge in [-0.3, -0.25) is 14.3 Å². The van der Waals surface area contributed by atoms with Crippen LogP contribution in [-0.2, 0) is 11.2 Å². The maximum atomic E-state index is 12.2. The standard InChI is InChI=1S/C15H10Cl2N2O3S/c16-10-2-1-8(4-11(10)17)3-9-5-12-14(23)19(7-13(20)21)15(22)18(12)6-9/h1-2,4-6H,3,7H2,(H,20,21). The third kappa shape index (κ3) is 2.97. The quantitative estimate of drug-likeness (QED) is 0.839. The number of amides is 1. The number of thiocarbonyl (C=S) groups is 1. The van der Waals surface area contributed by atoms with Crippen molar-refractivity contribution in [2.45, 2.75) is 6.42 Å². The molecule has 0 radical (unpaired) electrons. The van der Waals surface area contributed by atoms with E-state index in [0.717, 1.165) is 16.0 Å². The van der Waals surface area contributed by atoms with Gasteiger partial charge in [-0.1, -0.05) is 41.5 Å². The maximum absolute atomic E-state index is 12.2. The number of carboxylic acids is 1. The number of carbonyl (C=O) groups excluding carboxylic acids is 1. The van der Waals surface area contributed by atoms with Crippen molar-refractivity contribution in [3.63, 3.8) is 0 Å². The Kier molecular flexibility index (Phi) is 4.14. The first-order valence-corrected chi connectivity index (χ1v) is 7.76. The molecule has 1 amide bonds. The van der Waals surface area contributed by atoms with E-state index >= 15 is 0 Å². The van der Waals surface area contributed by atoms with Crippen molar-refractivity contribution in [3.8, 4) is 0 Å². The summed E-state index contributed by atoms with van der Waals surface area (Å²) in [7, 11) is 0. The fourth-order valence-corrected chi connectivity index (χ4v) is 3.07. The number of hydrogen-bond donors (Lipinski definition) is 1. The van der Waals surface area contributed by atoms with Gasteiger partial charge in [0.05, 0.1) is 15.7 Å². The SMILES string of the molecule is O=C(O)CN1C(=O)n2cc(Cc3ccc(Cl)c(Cl)c3)cc2C1=S. The van der Waals surface area contributed by atoms with E-state index < -0.39 is 18.5 Å². The van der Waals surface area contributed by atoms with Gasteiger partial charge in [-0.05, 0) is 35.7 Å². The lowest BCUT2D eigenvalue weighted by Gasteiger charge is -2.11. The van der Waals surface area contributed by atoms with Crippen LogP contribution in [0.4, 0.5) is 4.79 Å². The second-order valence-electron chi connectivity index (χ2n) is 5.10. The Hall–Kier alpha value is -1.89. The molecule has 0 fully saturated rings. The number of aliphatic carboxylic acids is 1. The summed E-state index contributed by atoms with van der Waals surface area (Å²) < 4.78 is 1.37. The lowest BCUT2D eigenvalue weighted by Crippen LogP contribution is -2.35. The molecule has 0 atom stereocenters. The third-order valence-electron chi connectivity index (χ3n) is 3.46. The average molecular weight is 369 g/mol. The molecule has 1 aromatic carbocycles. The molecule has 8 heteroatoms. The van der Waals surface area contributed by atoms with Gasteiger partial charge in [0.2, 0.25) is 0 Å². The zero-order chi connectivity index (χ0) is 16.7. The molecule has 1 aliphatic heterocycles. The van der Waals surface area contributed by atoms with Crippen molar-refractivity contribution in [2.24, 2.45) is 0 Å². The van der Waals surface area contributed by atoms with Crippen molar-refractivity contribution in [3.05, 3.63) is 57.3 Å². The number of aromatic nitrogens is 1. The summed E-state index contributed by atoms with van der Waals surface area (Å²) in [6, 6.07) is 6.67. The smallest absolute Gasteiger partial charge is 0.334 e. The van der Waals surface area contributed by atoms with E-state index in [2.05, 4.69) is 0 Å². The van der Waals surface area contributed by atoms with Crippen molar-refractivity contribution < 1.29 is 14.7 Å². The molecule has 1 N–H and O–H groups in total. The lowest BCUT2D eigenvalue weighted by molar-refractivity contribution is -0.136. The van der Waals surface area contributed by atoms with Gasteiger partial charge in [-0.25, -0.2) is 4.79 Å². The Bertz CT molecular complexity index is 814. The molecule has 1 aliphatic rings. The number of hydrogen-bond acceptors (Lipinski definition) is 3. The van der Waals surface area contributed by atoms with Gasteiger partial charge in [0, 0.05) is 6.20 Å². The van der Waals surface area contributed by atoms with Crippen LogP contribution in [-0.4, -0.2) is 38.1 Å². The van der Waals surface area contributed by atoms with E-state index in [1.54, 1.807) is 24.4 Å². The summed E-state index contributed by atoms with van der Waals surface area (Å²) in [5.41, 5.74) is 2.36. The van der Waals surface area contributed by atoms with Gasteiger partial charge < -0.3 is 5.11 Å². The molecular weight excluding hydrogens is 359 g/mol. The van der Waals surface area contributed by atoms with E-state index in [-0.39, 0.29) is 4.99 Å². The average Bonchev–Trinajstić information content (AvgIpc) is 2.98. The summed E-state index contributed by atoms with van der Waals surface area (Å²) in [6.07, 6.45) is 2.22. The van der Waals surface area contributed by atoms with E-state index in [4.69, 9.17) is 40.5 Å². The van der Waals surface area contributed by atoms with Crippen LogP contribution in [0.1, 0.15) is 16.8 Å². The minimum atomic E-state index is -1.11. The highest BCUT2D eigenvalue weighted by molar-refractivity contribution is 7.80. The second-order valence-corrected chi connectivity index (χ2v) is 6.30. The summed E-state index contributed by atoms with van der Waals surface area (Å²) in [5, 5.41) is 9.79. The molecule has 0 spiro atoms. The van der Waals surface area contributed by atoms with Crippen LogP contribution in [0.5, 0.6) is 0 Å². The lowest BCUT2D eigenvalue weighted by atomic mass is 10.1. The predicted octanol–water partition coefficient (Wildman–Crippen LogP) is 3.43. The molecule has 1 aromatic heterocycles. The van der Waals surface area contributed by atoms with Crippen molar-refractivity contribution in [1.82, 2.24) is 9.47 Å². The fraction of sp³-hybridized carbons (Fsp3) is 0.133. The van der Waals surface area contributed by atoms with E-state index in [0.29, 0.717) is 22.2 Å². The first-order chi connectivity index (χ1) is 10.9. The Morgan fingerprint density at radius 2 is 1.91 bits per heavy atom. The van der Waals surface area contributed by atoms with Crippen LogP contribution < -0.4 is 0 Å². The van der Waals surface area contributed by atoms with Crippen molar-refractivity contribution in [2.75, 3.05) is 6.54 Å². The molecule has 2 heterocycles. The minimum absolute atomic E-state index is 0.220. The highest BCUT2D eigenvalue weighted by Gasteiger charge is 2.34. The summed E-state index contributed by atoms with van der Waals surface area (Å²) in [6.45, 7) is -0.443. The van der Waals surface area contributed by atoms with E-state index in [1.165, 1.54) is 4.57 Å². The number of fused-ring (bicyclic) bond motifs is 1. The zero-order valence-electron chi connectivity index (χ0n) is 11.6. The van der Waals surface area contributed by atoms with Crippen LogP contribution in [0.15, 0.2) is 30.5 Å². The predicted molar refractivity (Wildman–Crippen MR) is 90.5 cm³/mol. The molecule has 5 nitrogen and oxygen atoms in total. The largest absolute Gasteiger partial charge is 0.480 e. The van der Waals surface area contributed by atoms with Crippen LogP contribution >= 0.6 is 35.4 Å². The first-order valence-electron chi connectivity index (χ1n) is 6.60. The summed E-state index contributed by atoms with van der Waals surface area (Å²) in [4.78, 5) is 24.3. The van der Waals surface area contributed by atoms with Crippen LogP contribution in [0, 0.1) is 0 Å².